The number of halogens is 1. The van der Waals surface area contributed by atoms with E-state index in [9.17, 15) is 4.39 Å². The molecule has 0 bridgehead atoms. The van der Waals surface area contributed by atoms with E-state index < -0.39 is 0 Å². The summed E-state index contributed by atoms with van der Waals surface area (Å²) < 4.78 is 19.2. The largest absolute Gasteiger partial charge is 0.378 e. The van der Waals surface area contributed by atoms with E-state index in [-0.39, 0.29) is 11.9 Å². The zero-order valence-corrected chi connectivity index (χ0v) is 14.2. The molecular weight excluding hydrogens is 303 g/mol. The van der Waals surface area contributed by atoms with Crippen LogP contribution < -0.4 is 10.2 Å². The van der Waals surface area contributed by atoms with Gasteiger partial charge in [-0.2, -0.15) is 0 Å². The van der Waals surface area contributed by atoms with Gasteiger partial charge in [-0.15, -0.1) is 0 Å². The van der Waals surface area contributed by atoms with Crippen LogP contribution in [0.3, 0.4) is 0 Å². The molecule has 1 aliphatic heterocycles. The molecule has 128 valence electrons. The Morgan fingerprint density at radius 2 is 1.71 bits per heavy atom. The Bertz CT molecular complexity index is 656. The fourth-order valence-corrected chi connectivity index (χ4v) is 3.12. The van der Waals surface area contributed by atoms with Gasteiger partial charge in [-0.25, -0.2) is 4.39 Å². The maximum atomic E-state index is 13.8. The highest BCUT2D eigenvalue weighted by molar-refractivity contribution is 5.53. The van der Waals surface area contributed by atoms with Gasteiger partial charge in [0.2, 0.25) is 0 Å². The van der Waals surface area contributed by atoms with E-state index in [0.717, 1.165) is 38.4 Å². The van der Waals surface area contributed by atoms with Crippen molar-refractivity contribution < 1.29 is 9.13 Å². The molecule has 0 aromatic heterocycles. The first kappa shape index (κ1) is 16.9. The second-order valence-corrected chi connectivity index (χ2v) is 6.31. The lowest BCUT2D eigenvalue weighted by Crippen LogP contribution is -2.37. The second-order valence-electron chi connectivity index (χ2n) is 6.31. The lowest BCUT2D eigenvalue weighted by molar-refractivity contribution is 0.122. The summed E-state index contributed by atoms with van der Waals surface area (Å²) in [6, 6.07) is 15.7. The van der Waals surface area contributed by atoms with Crippen LogP contribution in [0, 0.1) is 5.82 Å². The molecule has 2 aromatic carbocycles. The summed E-state index contributed by atoms with van der Waals surface area (Å²) in [6.07, 6.45) is 0.687. The molecule has 1 atom stereocenters. The van der Waals surface area contributed by atoms with Gasteiger partial charge in [-0.3, -0.25) is 0 Å². The quantitative estimate of drug-likeness (QED) is 0.880. The molecule has 1 saturated heterocycles. The highest BCUT2D eigenvalue weighted by atomic mass is 19.1. The molecular formula is C20H25FN2O. The minimum Gasteiger partial charge on any atom is -0.378 e. The molecule has 4 heteroatoms. The second kappa shape index (κ2) is 8.27. The highest BCUT2D eigenvalue weighted by Crippen LogP contribution is 2.21. The highest BCUT2D eigenvalue weighted by Gasteiger charge is 2.15. The molecule has 0 aliphatic carbocycles. The molecule has 0 radical (unpaired) electrons. The number of hydrogen-bond acceptors (Lipinski definition) is 3. The number of rotatable bonds is 6. The van der Waals surface area contributed by atoms with E-state index in [1.54, 1.807) is 6.07 Å². The number of nitrogens with zero attached hydrogens (tertiary/aromatic N) is 1. The Kier molecular flexibility index (Phi) is 5.83. The third-order valence-corrected chi connectivity index (χ3v) is 4.47. The number of benzene rings is 2. The number of hydrogen-bond donors (Lipinski definition) is 1. The minimum absolute atomic E-state index is 0.125. The van der Waals surface area contributed by atoms with Crippen LogP contribution in [-0.2, 0) is 17.7 Å². The summed E-state index contributed by atoms with van der Waals surface area (Å²) in [5, 5.41) is 3.53. The first-order valence-electron chi connectivity index (χ1n) is 8.61. The number of para-hydroxylation sites is 1. The third-order valence-electron chi connectivity index (χ3n) is 4.47. The monoisotopic (exact) mass is 328 g/mol. The van der Waals surface area contributed by atoms with E-state index >= 15 is 0 Å². The van der Waals surface area contributed by atoms with Gasteiger partial charge < -0.3 is 15.0 Å². The summed E-state index contributed by atoms with van der Waals surface area (Å²) in [5.41, 5.74) is 3.31. The molecule has 0 amide bonds. The fourth-order valence-electron chi connectivity index (χ4n) is 3.12. The van der Waals surface area contributed by atoms with Crippen LogP contribution in [0.4, 0.5) is 10.1 Å². The normalized spacial score (nSPS) is 16.2. The average Bonchev–Trinajstić information content (AvgIpc) is 2.63. The van der Waals surface area contributed by atoms with Crippen LogP contribution in [0.5, 0.6) is 0 Å². The molecule has 1 aliphatic rings. The van der Waals surface area contributed by atoms with Gasteiger partial charge in [0.1, 0.15) is 5.82 Å². The first-order valence-corrected chi connectivity index (χ1v) is 8.61. The van der Waals surface area contributed by atoms with E-state index in [1.807, 2.05) is 12.1 Å². The Hall–Kier alpha value is -1.91. The van der Waals surface area contributed by atoms with Crippen molar-refractivity contribution >= 4 is 5.69 Å². The molecule has 1 fully saturated rings. The van der Waals surface area contributed by atoms with E-state index in [0.29, 0.717) is 6.42 Å². The molecule has 1 heterocycles. The van der Waals surface area contributed by atoms with Gasteiger partial charge in [-0.05, 0) is 36.6 Å². The molecule has 0 saturated carbocycles. The van der Waals surface area contributed by atoms with Crippen molar-refractivity contribution in [3.8, 4) is 0 Å². The number of ether oxygens (including phenoxy) is 1. The maximum Gasteiger partial charge on any atom is 0.126 e. The summed E-state index contributed by atoms with van der Waals surface area (Å²) in [7, 11) is 0. The van der Waals surface area contributed by atoms with Crippen LogP contribution in [-0.4, -0.2) is 32.3 Å². The third kappa shape index (κ3) is 4.34. The number of anilines is 1. The SMILES string of the molecule is CC(Cc1ccccc1F)NCc1ccccc1N1CCOCC1. The van der Waals surface area contributed by atoms with Crippen molar-refractivity contribution in [2.75, 3.05) is 31.2 Å². The predicted molar refractivity (Wildman–Crippen MR) is 95.9 cm³/mol. The van der Waals surface area contributed by atoms with E-state index in [1.165, 1.54) is 17.3 Å². The summed E-state index contributed by atoms with van der Waals surface area (Å²) in [4.78, 5) is 2.38. The zero-order valence-electron chi connectivity index (χ0n) is 14.2. The van der Waals surface area contributed by atoms with Crippen molar-refractivity contribution in [2.45, 2.75) is 25.9 Å². The standard InChI is InChI=1S/C20H25FN2O/c1-16(14-17-6-2-4-8-19(17)21)22-15-18-7-3-5-9-20(18)23-10-12-24-13-11-23/h2-9,16,22H,10-15H2,1H3. The van der Waals surface area contributed by atoms with Crippen molar-refractivity contribution in [1.82, 2.24) is 5.32 Å². The molecule has 1 unspecified atom stereocenters. The Morgan fingerprint density at radius 3 is 2.46 bits per heavy atom. The summed E-state index contributed by atoms with van der Waals surface area (Å²) in [5.74, 6) is -0.125. The Labute approximate surface area is 143 Å². The van der Waals surface area contributed by atoms with Crippen LogP contribution in [0.15, 0.2) is 48.5 Å². The topological polar surface area (TPSA) is 24.5 Å². The van der Waals surface area contributed by atoms with E-state index in [2.05, 4.69) is 41.4 Å². The van der Waals surface area contributed by atoms with Crippen LogP contribution in [0.25, 0.3) is 0 Å². The summed E-state index contributed by atoms with van der Waals surface area (Å²) >= 11 is 0. The molecule has 3 nitrogen and oxygen atoms in total. The summed E-state index contributed by atoms with van der Waals surface area (Å²) in [6.45, 7) is 6.31. The van der Waals surface area contributed by atoms with Gasteiger partial charge in [0.05, 0.1) is 13.2 Å². The first-order chi connectivity index (χ1) is 11.7. The number of nitrogens with one attached hydrogen (secondary N) is 1. The van der Waals surface area contributed by atoms with Crippen LogP contribution >= 0.6 is 0 Å². The molecule has 3 rings (SSSR count). The zero-order chi connectivity index (χ0) is 16.8. The van der Waals surface area contributed by atoms with Gasteiger partial charge in [0.15, 0.2) is 0 Å². The van der Waals surface area contributed by atoms with Crippen molar-refractivity contribution in [3.63, 3.8) is 0 Å². The molecule has 24 heavy (non-hydrogen) atoms. The molecule has 1 N–H and O–H groups in total. The fraction of sp³-hybridized carbons (Fsp3) is 0.400. The lowest BCUT2D eigenvalue weighted by Gasteiger charge is -2.31. The van der Waals surface area contributed by atoms with Crippen molar-refractivity contribution in [3.05, 3.63) is 65.5 Å². The smallest absolute Gasteiger partial charge is 0.126 e. The van der Waals surface area contributed by atoms with Crippen LogP contribution in [0.1, 0.15) is 18.1 Å². The maximum absolute atomic E-state index is 13.8. The van der Waals surface area contributed by atoms with Crippen molar-refractivity contribution in [2.24, 2.45) is 0 Å². The van der Waals surface area contributed by atoms with Gasteiger partial charge in [-0.1, -0.05) is 36.4 Å². The van der Waals surface area contributed by atoms with E-state index in [4.69, 9.17) is 4.74 Å². The predicted octanol–water partition coefficient (Wildman–Crippen LogP) is 3.38. The van der Waals surface area contributed by atoms with Crippen molar-refractivity contribution in [1.29, 1.82) is 0 Å². The lowest BCUT2D eigenvalue weighted by atomic mass is 10.1. The Morgan fingerprint density at radius 1 is 1.04 bits per heavy atom. The minimum atomic E-state index is -0.125. The van der Waals surface area contributed by atoms with Crippen LogP contribution in [0.2, 0.25) is 0 Å². The van der Waals surface area contributed by atoms with Gasteiger partial charge in [0, 0.05) is 31.4 Å². The average molecular weight is 328 g/mol. The Balaban J connectivity index is 1.61. The number of morpholine rings is 1. The van der Waals surface area contributed by atoms with Gasteiger partial charge in [0.25, 0.3) is 0 Å². The molecule has 2 aromatic rings. The molecule has 0 spiro atoms. The van der Waals surface area contributed by atoms with Gasteiger partial charge >= 0.3 is 0 Å².